The van der Waals surface area contributed by atoms with Crippen molar-refractivity contribution in [2.75, 3.05) is 13.7 Å². The number of aliphatic carboxylic acids is 1. The van der Waals surface area contributed by atoms with Gasteiger partial charge in [0.05, 0.1) is 24.8 Å². The molecule has 2 heterocycles. The summed E-state index contributed by atoms with van der Waals surface area (Å²) >= 11 is 0. The number of carboxylic acid groups (broad SMARTS) is 1. The molecule has 1 N–H and O–H groups in total. The van der Waals surface area contributed by atoms with E-state index in [4.69, 9.17) is 9.47 Å². The number of carbonyl (C=O) groups excluding carboxylic acids is 1. The average Bonchev–Trinajstić information content (AvgIpc) is 3.22. The second kappa shape index (κ2) is 11.3. The Kier molecular flexibility index (Phi) is 8.11. The number of esters is 1. The number of nitrogens with zero attached hydrogens (tertiary/aromatic N) is 2. The molecule has 200 valence electrons. The Labute approximate surface area is 222 Å². The van der Waals surface area contributed by atoms with E-state index in [9.17, 15) is 19.1 Å². The molecule has 0 spiro atoms. The van der Waals surface area contributed by atoms with E-state index in [2.05, 4.69) is 23.7 Å². The van der Waals surface area contributed by atoms with Gasteiger partial charge in [0.1, 0.15) is 11.6 Å². The van der Waals surface area contributed by atoms with Crippen LogP contribution in [0.1, 0.15) is 55.1 Å². The number of hydrogen-bond donors (Lipinski definition) is 1. The molecule has 3 aromatic rings. The number of aromatic nitrogens is 1. The van der Waals surface area contributed by atoms with Gasteiger partial charge in [-0.3, -0.25) is 9.69 Å². The minimum absolute atomic E-state index is 0.0181. The lowest BCUT2D eigenvalue weighted by Gasteiger charge is -2.32. The Morgan fingerprint density at radius 3 is 2.63 bits per heavy atom. The first-order valence-corrected chi connectivity index (χ1v) is 12.7. The summed E-state index contributed by atoms with van der Waals surface area (Å²) in [6.07, 6.45) is 3.58. The fraction of sp³-hybridized carbons (Fsp3) is 0.367. The molecule has 0 radical (unpaired) electrons. The Balaban J connectivity index is 1.65. The summed E-state index contributed by atoms with van der Waals surface area (Å²) in [5.74, 6) is -1.83. The second-order valence-electron chi connectivity index (χ2n) is 10.4. The quantitative estimate of drug-likeness (QED) is 0.284. The predicted octanol–water partition coefficient (Wildman–Crippen LogP) is 5.75. The molecule has 38 heavy (non-hydrogen) atoms. The van der Waals surface area contributed by atoms with Gasteiger partial charge in [-0.1, -0.05) is 25.1 Å². The molecule has 2 aromatic carbocycles. The number of likely N-dealkylation sites (tertiary alicyclic amines) is 1. The molecule has 1 unspecified atom stereocenters. The van der Waals surface area contributed by atoms with Crippen LogP contribution >= 0.6 is 0 Å². The van der Waals surface area contributed by atoms with Gasteiger partial charge < -0.3 is 14.6 Å². The molecular formula is C30H33FN2O5. The monoisotopic (exact) mass is 520 g/mol. The summed E-state index contributed by atoms with van der Waals surface area (Å²) in [7, 11) is 1.48. The van der Waals surface area contributed by atoms with Gasteiger partial charge in [0.15, 0.2) is 0 Å². The molecule has 7 nitrogen and oxygen atoms in total. The van der Waals surface area contributed by atoms with Crippen molar-refractivity contribution in [2.45, 2.75) is 52.1 Å². The van der Waals surface area contributed by atoms with Crippen LogP contribution in [0.4, 0.5) is 4.39 Å². The number of pyridine rings is 1. The molecule has 1 aromatic heterocycles. The first-order valence-electron chi connectivity index (χ1n) is 12.7. The normalized spacial score (nSPS) is 15.7. The minimum atomic E-state index is -0.885. The highest BCUT2D eigenvalue weighted by Gasteiger charge is 2.32. The third-order valence-corrected chi connectivity index (χ3v) is 7.18. The van der Waals surface area contributed by atoms with Gasteiger partial charge in [-0.15, -0.1) is 0 Å². The van der Waals surface area contributed by atoms with E-state index in [-0.39, 0.29) is 5.54 Å². The average molecular weight is 521 g/mol. The van der Waals surface area contributed by atoms with E-state index >= 15 is 0 Å². The van der Waals surface area contributed by atoms with Crippen molar-refractivity contribution in [3.8, 4) is 22.8 Å². The molecule has 0 aliphatic carbocycles. The number of ether oxygens (including phenoxy) is 2. The molecule has 1 fully saturated rings. The number of carboxylic acids is 1. The molecule has 1 aliphatic rings. The summed E-state index contributed by atoms with van der Waals surface area (Å²) in [5, 5.41) is 9.20. The summed E-state index contributed by atoms with van der Waals surface area (Å²) < 4.78 is 25.8. The van der Waals surface area contributed by atoms with Gasteiger partial charge in [0.25, 0.3) is 0 Å². The fourth-order valence-corrected chi connectivity index (χ4v) is 4.86. The zero-order chi connectivity index (χ0) is 27.4. The summed E-state index contributed by atoms with van der Waals surface area (Å²) in [4.78, 5) is 30.7. The van der Waals surface area contributed by atoms with Crippen LogP contribution in [0.5, 0.6) is 11.6 Å². The second-order valence-corrected chi connectivity index (χ2v) is 10.4. The van der Waals surface area contributed by atoms with Gasteiger partial charge in [0.2, 0.25) is 5.88 Å². The maximum atomic E-state index is 14.9. The van der Waals surface area contributed by atoms with Crippen molar-refractivity contribution in [2.24, 2.45) is 5.92 Å². The lowest BCUT2D eigenvalue weighted by Crippen LogP contribution is -2.37. The smallest absolute Gasteiger partial charge is 0.343 e. The topological polar surface area (TPSA) is 89.0 Å². The maximum absolute atomic E-state index is 14.9. The molecule has 1 saturated heterocycles. The molecule has 4 rings (SSSR count). The number of benzene rings is 2. The SMILES string of the molecule is COc1cc(-c2ccc(C(=O)Oc3cccc(CC(C)C(=O)O)c3)cc2CN2CCCC2(C)C)c(F)cn1. The predicted molar refractivity (Wildman–Crippen MR) is 142 cm³/mol. The van der Waals surface area contributed by atoms with Crippen molar-refractivity contribution in [1.82, 2.24) is 9.88 Å². The number of methoxy groups -OCH3 is 1. The van der Waals surface area contributed by atoms with Gasteiger partial charge >= 0.3 is 11.9 Å². The van der Waals surface area contributed by atoms with Crippen molar-refractivity contribution >= 4 is 11.9 Å². The van der Waals surface area contributed by atoms with Crippen LogP contribution in [0.15, 0.2) is 54.7 Å². The van der Waals surface area contributed by atoms with Crippen LogP contribution < -0.4 is 9.47 Å². The Hall–Kier alpha value is -3.78. The summed E-state index contributed by atoms with van der Waals surface area (Å²) in [6.45, 7) is 7.45. The van der Waals surface area contributed by atoms with E-state index in [0.29, 0.717) is 41.3 Å². The van der Waals surface area contributed by atoms with Crippen LogP contribution in [0.2, 0.25) is 0 Å². The maximum Gasteiger partial charge on any atom is 0.343 e. The lowest BCUT2D eigenvalue weighted by atomic mass is 9.95. The number of hydrogen-bond acceptors (Lipinski definition) is 6. The van der Waals surface area contributed by atoms with Gasteiger partial charge in [-0.25, -0.2) is 14.2 Å². The van der Waals surface area contributed by atoms with E-state index in [1.165, 1.54) is 7.11 Å². The minimum Gasteiger partial charge on any atom is -0.481 e. The molecule has 1 atom stereocenters. The highest BCUT2D eigenvalue weighted by molar-refractivity contribution is 5.92. The van der Waals surface area contributed by atoms with Gasteiger partial charge in [0, 0.05) is 23.7 Å². The van der Waals surface area contributed by atoms with Crippen molar-refractivity contribution < 1.29 is 28.6 Å². The van der Waals surface area contributed by atoms with E-state index in [0.717, 1.165) is 36.7 Å². The van der Waals surface area contributed by atoms with E-state index in [1.54, 1.807) is 55.5 Å². The Bertz CT molecular complexity index is 1340. The lowest BCUT2D eigenvalue weighted by molar-refractivity contribution is -0.141. The molecule has 0 bridgehead atoms. The fourth-order valence-electron chi connectivity index (χ4n) is 4.86. The highest BCUT2D eigenvalue weighted by Crippen LogP contribution is 2.35. The van der Waals surface area contributed by atoms with Crippen molar-refractivity contribution in [3.05, 3.63) is 77.2 Å². The molecule has 1 aliphatic heterocycles. The van der Waals surface area contributed by atoms with Gasteiger partial charge in [-0.2, -0.15) is 0 Å². The van der Waals surface area contributed by atoms with Crippen LogP contribution in [-0.2, 0) is 17.8 Å². The highest BCUT2D eigenvalue weighted by atomic mass is 19.1. The molecule has 8 heteroatoms. The first kappa shape index (κ1) is 27.3. The van der Waals surface area contributed by atoms with Crippen LogP contribution in [-0.4, -0.2) is 46.1 Å². The zero-order valence-corrected chi connectivity index (χ0v) is 22.2. The number of carbonyl (C=O) groups is 2. The Morgan fingerprint density at radius 2 is 1.95 bits per heavy atom. The van der Waals surface area contributed by atoms with Crippen LogP contribution in [0.25, 0.3) is 11.1 Å². The third kappa shape index (κ3) is 6.19. The van der Waals surface area contributed by atoms with E-state index in [1.807, 2.05) is 0 Å². The van der Waals surface area contributed by atoms with Crippen molar-refractivity contribution in [1.29, 1.82) is 0 Å². The molecular weight excluding hydrogens is 487 g/mol. The van der Waals surface area contributed by atoms with Crippen LogP contribution in [0.3, 0.4) is 0 Å². The number of rotatable bonds is 9. The third-order valence-electron chi connectivity index (χ3n) is 7.18. The van der Waals surface area contributed by atoms with Crippen molar-refractivity contribution in [3.63, 3.8) is 0 Å². The summed E-state index contributed by atoms with van der Waals surface area (Å²) in [5.41, 5.74) is 2.89. The van der Waals surface area contributed by atoms with Gasteiger partial charge in [-0.05, 0) is 80.6 Å². The first-order chi connectivity index (χ1) is 18.1. The number of halogens is 1. The molecule has 0 saturated carbocycles. The Morgan fingerprint density at radius 1 is 1.16 bits per heavy atom. The zero-order valence-electron chi connectivity index (χ0n) is 22.2. The largest absolute Gasteiger partial charge is 0.481 e. The standard InChI is InChI=1S/C30H33FN2O5/c1-19(28(34)35)13-20-7-5-8-23(14-20)38-29(36)21-9-10-24(25-16-27(37-4)32-17-26(25)31)22(15-21)18-33-12-6-11-30(33,2)3/h5,7-10,14-17,19H,6,11-13,18H2,1-4H3,(H,34,35). The van der Waals surface area contributed by atoms with Crippen LogP contribution in [0, 0.1) is 11.7 Å². The molecule has 0 amide bonds. The van der Waals surface area contributed by atoms with E-state index < -0.39 is 23.7 Å². The summed E-state index contributed by atoms with van der Waals surface area (Å²) in [6, 6.07) is 13.6.